The quantitative estimate of drug-likeness (QED) is 0.516. The molecule has 28 heavy (non-hydrogen) atoms. The van der Waals surface area contributed by atoms with Crippen LogP contribution in [-0.4, -0.2) is 46.8 Å². The maximum atomic E-state index is 12.6. The lowest BCUT2D eigenvalue weighted by Crippen LogP contribution is -2.29. The van der Waals surface area contributed by atoms with E-state index in [0.717, 1.165) is 54.1 Å². The summed E-state index contributed by atoms with van der Waals surface area (Å²) in [5.41, 5.74) is 3.16. The number of hydrogen-bond acceptors (Lipinski definition) is 5. The van der Waals surface area contributed by atoms with E-state index < -0.39 is 0 Å². The van der Waals surface area contributed by atoms with Gasteiger partial charge in [-0.05, 0) is 51.9 Å². The number of amides is 1. The summed E-state index contributed by atoms with van der Waals surface area (Å²) >= 11 is 1.38. The lowest BCUT2D eigenvalue weighted by molar-refractivity contribution is -0.118. The molecule has 2 aromatic rings. The highest BCUT2D eigenvalue weighted by Gasteiger charge is 2.22. The molecule has 1 aliphatic carbocycles. The van der Waals surface area contributed by atoms with Crippen LogP contribution < -0.4 is 11.0 Å². The lowest BCUT2D eigenvalue weighted by Gasteiger charge is -2.15. The van der Waals surface area contributed by atoms with Crippen molar-refractivity contribution in [1.29, 1.82) is 0 Å². The van der Waals surface area contributed by atoms with Gasteiger partial charge in [0.1, 0.15) is 5.03 Å². The number of hydrogen-bond donors (Lipinski definition) is 1. The summed E-state index contributed by atoms with van der Waals surface area (Å²) < 4.78 is 1.84. The van der Waals surface area contributed by atoms with Gasteiger partial charge in [0.05, 0.1) is 5.75 Å². The molecule has 3 rings (SSSR count). The molecule has 0 atom stereocenters. The van der Waals surface area contributed by atoms with E-state index >= 15 is 0 Å². The van der Waals surface area contributed by atoms with Crippen LogP contribution in [-0.2, 0) is 30.7 Å². The Morgan fingerprint density at radius 3 is 2.79 bits per heavy atom. The zero-order valence-electron chi connectivity index (χ0n) is 16.6. The van der Waals surface area contributed by atoms with Gasteiger partial charge in [0.25, 0.3) is 0 Å². The highest BCUT2D eigenvalue weighted by molar-refractivity contribution is 7.99. The van der Waals surface area contributed by atoms with Crippen LogP contribution in [0, 0.1) is 0 Å². The molecule has 0 fully saturated rings. The fraction of sp³-hybridized carbons (Fsp3) is 0.476. The first-order valence-electron chi connectivity index (χ1n) is 9.75. The Balaban J connectivity index is 1.61. The molecule has 1 aromatic carbocycles. The van der Waals surface area contributed by atoms with Gasteiger partial charge in [0.2, 0.25) is 5.91 Å². The Labute approximate surface area is 170 Å². The van der Waals surface area contributed by atoms with Crippen molar-refractivity contribution in [3.05, 3.63) is 57.6 Å². The van der Waals surface area contributed by atoms with Gasteiger partial charge < -0.3 is 10.2 Å². The normalized spacial score (nSPS) is 13.0. The molecular weight excluding hydrogens is 372 g/mol. The van der Waals surface area contributed by atoms with Crippen molar-refractivity contribution >= 4 is 17.7 Å². The van der Waals surface area contributed by atoms with Gasteiger partial charge in [-0.25, -0.2) is 4.79 Å². The lowest BCUT2D eigenvalue weighted by atomic mass is 10.2. The Morgan fingerprint density at radius 2 is 2.04 bits per heavy atom. The van der Waals surface area contributed by atoms with Crippen molar-refractivity contribution < 1.29 is 4.79 Å². The summed E-state index contributed by atoms with van der Waals surface area (Å²) in [5.74, 6) is 0.230. The van der Waals surface area contributed by atoms with Crippen LogP contribution in [0.5, 0.6) is 0 Å². The largest absolute Gasteiger partial charge is 0.351 e. The molecule has 6 nitrogen and oxygen atoms in total. The topological polar surface area (TPSA) is 67.2 Å². The van der Waals surface area contributed by atoms with Crippen molar-refractivity contribution in [3.63, 3.8) is 0 Å². The SMILES string of the molecule is CN(C)CCCn1c2c(c(SCC(=O)NCc3ccccc3)nc1=O)CCC2. The molecule has 0 saturated carbocycles. The standard InChI is InChI=1S/C21H28N4O2S/c1-24(2)12-7-13-25-18-11-6-10-17(18)20(23-21(25)27)28-15-19(26)22-14-16-8-4-3-5-9-16/h3-5,8-9H,6-7,10-15H2,1-2H3,(H,22,26). The fourth-order valence-corrected chi connectivity index (χ4v) is 4.37. The van der Waals surface area contributed by atoms with E-state index in [-0.39, 0.29) is 17.3 Å². The number of aromatic nitrogens is 2. The van der Waals surface area contributed by atoms with Crippen LogP contribution in [0.3, 0.4) is 0 Å². The smallest absolute Gasteiger partial charge is 0.348 e. The number of carbonyl (C=O) groups excluding carboxylic acids is 1. The van der Waals surface area contributed by atoms with E-state index in [4.69, 9.17) is 0 Å². The first-order chi connectivity index (χ1) is 13.5. The first-order valence-corrected chi connectivity index (χ1v) is 10.7. The molecule has 0 unspecified atom stereocenters. The zero-order chi connectivity index (χ0) is 19.9. The molecule has 1 heterocycles. The van der Waals surface area contributed by atoms with E-state index in [1.165, 1.54) is 11.8 Å². The summed E-state index contributed by atoms with van der Waals surface area (Å²) in [7, 11) is 4.07. The van der Waals surface area contributed by atoms with Gasteiger partial charge in [0, 0.05) is 24.3 Å². The summed E-state index contributed by atoms with van der Waals surface area (Å²) in [5, 5.41) is 3.66. The maximum Gasteiger partial charge on any atom is 0.348 e. The maximum absolute atomic E-state index is 12.6. The molecule has 7 heteroatoms. The first kappa shape index (κ1) is 20.6. The molecule has 1 N–H and O–H groups in total. The van der Waals surface area contributed by atoms with E-state index in [2.05, 4.69) is 15.2 Å². The third-order valence-corrected chi connectivity index (χ3v) is 5.88. The minimum Gasteiger partial charge on any atom is -0.351 e. The number of rotatable bonds is 9. The monoisotopic (exact) mass is 400 g/mol. The summed E-state index contributed by atoms with van der Waals surface area (Å²) in [6.45, 7) is 2.16. The second-order valence-electron chi connectivity index (χ2n) is 7.34. The Bertz CT molecular complexity index is 865. The van der Waals surface area contributed by atoms with Crippen molar-refractivity contribution in [2.24, 2.45) is 0 Å². The number of fused-ring (bicyclic) bond motifs is 1. The van der Waals surface area contributed by atoms with Crippen molar-refractivity contribution in [1.82, 2.24) is 19.8 Å². The van der Waals surface area contributed by atoms with Gasteiger partial charge in [-0.2, -0.15) is 4.98 Å². The average molecular weight is 401 g/mol. The summed E-state index contributed by atoms with van der Waals surface area (Å²) in [4.78, 5) is 31.2. The fourth-order valence-electron chi connectivity index (χ4n) is 3.46. The van der Waals surface area contributed by atoms with Crippen molar-refractivity contribution in [2.45, 2.75) is 43.8 Å². The highest BCUT2D eigenvalue weighted by Crippen LogP contribution is 2.29. The highest BCUT2D eigenvalue weighted by atomic mass is 32.2. The van der Waals surface area contributed by atoms with Gasteiger partial charge in [-0.1, -0.05) is 42.1 Å². The Hall–Kier alpha value is -2.12. The molecule has 0 spiro atoms. The third-order valence-electron chi connectivity index (χ3n) is 4.86. The zero-order valence-corrected chi connectivity index (χ0v) is 17.4. The number of carbonyl (C=O) groups is 1. The summed E-state index contributed by atoms with van der Waals surface area (Å²) in [6.07, 6.45) is 3.82. The van der Waals surface area contributed by atoms with Crippen LogP contribution >= 0.6 is 11.8 Å². The number of benzene rings is 1. The molecular formula is C21H28N4O2S. The van der Waals surface area contributed by atoms with Gasteiger partial charge in [-0.15, -0.1) is 0 Å². The van der Waals surface area contributed by atoms with E-state index in [1.54, 1.807) is 0 Å². The van der Waals surface area contributed by atoms with E-state index in [9.17, 15) is 9.59 Å². The van der Waals surface area contributed by atoms with Crippen LogP contribution in [0.4, 0.5) is 0 Å². The molecule has 1 aromatic heterocycles. The molecule has 1 aliphatic rings. The van der Waals surface area contributed by atoms with Crippen LogP contribution in [0.2, 0.25) is 0 Å². The van der Waals surface area contributed by atoms with Crippen LogP contribution in [0.15, 0.2) is 40.2 Å². The second kappa shape index (κ2) is 9.89. The summed E-state index contributed by atoms with van der Waals surface area (Å²) in [6, 6.07) is 9.83. The van der Waals surface area contributed by atoms with Gasteiger partial charge in [-0.3, -0.25) is 9.36 Å². The number of thioether (sulfide) groups is 1. The third kappa shape index (κ3) is 5.45. The number of nitrogens with one attached hydrogen (secondary N) is 1. The minimum atomic E-state index is -0.188. The van der Waals surface area contributed by atoms with Crippen LogP contribution in [0.1, 0.15) is 29.7 Å². The molecule has 150 valence electrons. The molecule has 0 radical (unpaired) electrons. The van der Waals surface area contributed by atoms with Crippen molar-refractivity contribution in [2.75, 3.05) is 26.4 Å². The van der Waals surface area contributed by atoms with Gasteiger partial charge >= 0.3 is 5.69 Å². The van der Waals surface area contributed by atoms with Crippen LogP contribution in [0.25, 0.3) is 0 Å². The predicted molar refractivity (Wildman–Crippen MR) is 113 cm³/mol. The van der Waals surface area contributed by atoms with E-state index in [0.29, 0.717) is 13.1 Å². The molecule has 0 saturated heterocycles. The molecule has 0 bridgehead atoms. The molecule has 1 amide bonds. The van der Waals surface area contributed by atoms with Gasteiger partial charge in [0.15, 0.2) is 0 Å². The minimum absolute atomic E-state index is 0.0439. The molecule has 0 aliphatic heterocycles. The number of nitrogens with zero attached hydrogens (tertiary/aromatic N) is 3. The van der Waals surface area contributed by atoms with Crippen molar-refractivity contribution in [3.8, 4) is 0 Å². The average Bonchev–Trinajstić information content (AvgIpc) is 3.17. The Morgan fingerprint density at radius 1 is 1.25 bits per heavy atom. The van der Waals surface area contributed by atoms with E-state index in [1.807, 2.05) is 49.0 Å². The second-order valence-corrected chi connectivity index (χ2v) is 8.30. The predicted octanol–water partition coefficient (Wildman–Crippen LogP) is 2.09. The Kier molecular flexibility index (Phi) is 7.28.